The molecule has 0 atom stereocenters. The van der Waals surface area contributed by atoms with Crippen molar-refractivity contribution in [3.63, 3.8) is 0 Å². The standard InChI is InChI=1S/C11H11ClFNO2/c1-7(4-11(15)16)6-14-10-5-8(12)2-3-9(10)13/h2-5,14H,6H2,1H3,(H,15,16)/b7-4-. The summed E-state index contributed by atoms with van der Waals surface area (Å²) in [4.78, 5) is 10.3. The second-order valence-electron chi connectivity index (χ2n) is 3.31. The second kappa shape index (κ2) is 5.51. The van der Waals surface area contributed by atoms with Gasteiger partial charge in [0.1, 0.15) is 5.82 Å². The fourth-order valence-corrected chi connectivity index (χ4v) is 1.30. The molecular formula is C11H11ClFNO2. The van der Waals surface area contributed by atoms with Crippen LogP contribution in [0.4, 0.5) is 10.1 Å². The first-order valence-corrected chi connectivity index (χ1v) is 4.96. The Morgan fingerprint density at radius 1 is 1.62 bits per heavy atom. The molecule has 0 aliphatic rings. The quantitative estimate of drug-likeness (QED) is 0.800. The molecule has 1 aromatic rings. The molecule has 3 nitrogen and oxygen atoms in total. The summed E-state index contributed by atoms with van der Waals surface area (Å²) < 4.78 is 13.2. The Balaban J connectivity index is 2.68. The summed E-state index contributed by atoms with van der Waals surface area (Å²) in [6, 6.07) is 4.15. The van der Waals surface area contributed by atoms with Crippen LogP contribution in [0.2, 0.25) is 5.02 Å². The van der Waals surface area contributed by atoms with Gasteiger partial charge in [0.15, 0.2) is 0 Å². The molecule has 0 radical (unpaired) electrons. The molecule has 2 N–H and O–H groups in total. The van der Waals surface area contributed by atoms with Gasteiger partial charge in [-0.05, 0) is 30.7 Å². The number of hydrogen-bond acceptors (Lipinski definition) is 2. The number of nitrogens with one attached hydrogen (secondary N) is 1. The summed E-state index contributed by atoms with van der Waals surface area (Å²) in [5, 5.41) is 11.7. The van der Waals surface area contributed by atoms with Gasteiger partial charge < -0.3 is 10.4 Å². The molecule has 0 saturated heterocycles. The Bertz CT molecular complexity index is 432. The molecule has 0 aliphatic carbocycles. The molecule has 1 aromatic carbocycles. The third-order valence-corrected chi connectivity index (χ3v) is 2.09. The lowest BCUT2D eigenvalue weighted by atomic mass is 10.2. The Morgan fingerprint density at radius 2 is 2.31 bits per heavy atom. The first-order valence-electron chi connectivity index (χ1n) is 4.58. The summed E-state index contributed by atoms with van der Waals surface area (Å²) in [5.41, 5.74) is 0.845. The van der Waals surface area contributed by atoms with Gasteiger partial charge >= 0.3 is 5.97 Å². The number of carboxylic acid groups (broad SMARTS) is 1. The minimum Gasteiger partial charge on any atom is -0.478 e. The zero-order valence-electron chi connectivity index (χ0n) is 8.63. The van der Waals surface area contributed by atoms with E-state index in [9.17, 15) is 9.18 Å². The lowest BCUT2D eigenvalue weighted by Gasteiger charge is -2.07. The van der Waals surface area contributed by atoms with Crippen LogP contribution in [0.3, 0.4) is 0 Å². The molecular weight excluding hydrogens is 233 g/mol. The van der Waals surface area contributed by atoms with E-state index in [1.807, 2.05) is 0 Å². The zero-order chi connectivity index (χ0) is 12.1. The van der Waals surface area contributed by atoms with Crippen molar-refractivity contribution in [1.29, 1.82) is 0 Å². The molecule has 0 heterocycles. The van der Waals surface area contributed by atoms with Crippen LogP contribution in [-0.4, -0.2) is 17.6 Å². The topological polar surface area (TPSA) is 49.3 Å². The van der Waals surface area contributed by atoms with Gasteiger partial charge in [0.25, 0.3) is 0 Å². The number of hydrogen-bond donors (Lipinski definition) is 2. The van der Waals surface area contributed by atoms with Gasteiger partial charge in [-0.15, -0.1) is 0 Å². The maximum atomic E-state index is 13.2. The maximum Gasteiger partial charge on any atom is 0.328 e. The van der Waals surface area contributed by atoms with Crippen LogP contribution >= 0.6 is 11.6 Å². The fourth-order valence-electron chi connectivity index (χ4n) is 1.13. The third kappa shape index (κ3) is 3.90. The molecule has 0 amide bonds. The third-order valence-electron chi connectivity index (χ3n) is 1.86. The molecule has 0 aliphatic heterocycles. The molecule has 5 heteroatoms. The number of benzene rings is 1. The highest BCUT2D eigenvalue weighted by atomic mass is 35.5. The number of carbonyl (C=O) groups is 1. The molecule has 0 spiro atoms. The van der Waals surface area contributed by atoms with E-state index in [-0.39, 0.29) is 12.2 Å². The van der Waals surface area contributed by atoms with E-state index < -0.39 is 11.8 Å². The van der Waals surface area contributed by atoms with Crippen molar-refractivity contribution < 1.29 is 14.3 Å². The van der Waals surface area contributed by atoms with Gasteiger partial charge in [-0.25, -0.2) is 9.18 Å². The van der Waals surface area contributed by atoms with Crippen molar-refractivity contribution in [1.82, 2.24) is 0 Å². The van der Waals surface area contributed by atoms with Gasteiger partial charge in [-0.2, -0.15) is 0 Å². The Labute approximate surface area is 97.5 Å². The highest BCUT2D eigenvalue weighted by Gasteiger charge is 2.02. The van der Waals surface area contributed by atoms with Crippen molar-refractivity contribution in [2.24, 2.45) is 0 Å². The van der Waals surface area contributed by atoms with E-state index in [0.717, 1.165) is 6.08 Å². The Hall–Kier alpha value is -1.55. The van der Waals surface area contributed by atoms with Crippen LogP contribution < -0.4 is 5.32 Å². The summed E-state index contributed by atoms with van der Waals surface area (Å²) in [6.07, 6.45) is 1.06. The van der Waals surface area contributed by atoms with Crippen LogP contribution in [0.15, 0.2) is 29.8 Å². The van der Waals surface area contributed by atoms with Crippen LogP contribution in [0, 0.1) is 5.82 Å². The number of rotatable bonds is 4. The SMILES string of the molecule is C/C(=C/C(=O)O)CNc1cc(Cl)ccc1F. The molecule has 0 unspecified atom stereocenters. The first-order chi connectivity index (χ1) is 7.49. The van der Waals surface area contributed by atoms with Crippen LogP contribution in [0.1, 0.15) is 6.92 Å². The first kappa shape index (κ1) is 12.5. The second-order valence-corrected chi connectivity index (χ2v) is 3.74. The number of aliphatic carboxylic acids is 1. The minimum absolute atomic E-state index is 0.254. The van der Waals surface area contributed by atoms with Crippen molar-refractivity contribution in [2.75, 3.05) is 11.9 Å². The fraction of sp³-hybridized carbons (Fsp3) is 0.182. The van der Waals surface area contributed by atoms with E-state index in [1.54, 1.807) is 6.92 Å². The van der Waals surface area contributed by atoms with Crippen molar-refractivity contribution in [2.45, 2.75) is 6.92 Å². The number of carboxylic acids is 1. The molecule has 0 saturated carbocycles. The highest BCUT2D eigenvalue weighted by Crippen LogP contribution is 2.19. The summed E-state index contributed by atoms with van der Waals surface area (Å²) in [6.45, 7) is 1.90. The Morgan fingerprint density at radius 3 is 2.94 bits per heavy atom. The minimum atomic E-state index is -1.02. The molecule has 1 rings (SSSR count). The van der Waals surface area contributed by atoms with Crippen LogP contribution in [0.25, 0.3) is 0 Å². The summed E-state index contributed by atoms with van der Waals surface area (Å²) in [7, 11) is 0. The normalized spacial score (nSPS) is 11.3. The summed E-state index contributed by atoms with van der Waals surface area (Å²) in [5.74, 6) is -1.45. The Kier molecular flexibility index (Phi) is 4.31. The van der Waals surface area contributed by atoms with Gasteiger partial charge in [-0.3, -0.25) is 0 Å². The average molecular weight is 244 g/mol. The largest absolute Gasteiger partial charge is 0.478 e. The van der Waals surface area contributed by atoms with E-state index in [1.165, 1.54) is 18.2 Å². The lowest BCUT2D eigenvalue weighted by molar-refractivity contribution is -0.131. The van der Waals surface area contributed by atoms with Gasteiger partial charge in [-0.1, -0.05) is 11.6 Å². The molecule has 0 aromatic heterocycles. The number of halogens is 2. The smallest absolute Gasteiger partial charge is 0.328 e. The van der Waals surface area contributed by atoms with E-state index in [0.29, 0.717) is 10.6 Å². The van der Waals surface area contributed by atoms with Crippen LogP contribution in [-0.2, 0) is 4.79 Å². The van der Waals surface area contributed by atoms with E-state index in [2.05, 4.69) is 5.32 Å². The highest BCUT2D eigenvalue weighted by molar-refractivity contribution is 6.30. The average Bonchev–Trinajstić information content (AvgIpc) is 2.18. The predicted octanol–water partition coefficient (Wildman–Crippen LogP) is 2.92. The predicted molar refractivity (Wildman–Crippen MR) is 61.3 cm³/mol. The van der Waals surface area contributed by atoms with Gasteiger partial charge in [0.05, 0.1) is 5.69 Å². The molecule has 16 heavy (non-hydrogen) atoms. The van der Waals surface area contributed by atoms with Gasteiger partial charge in [0, 0.05) is 17.6 Å². The maximum absolute atomic E-state index is 13.2. The van der Waals surface area contributed by atoms with Crippen LogP contribution in [0.5, 0.6) is 0 Å². The zero-order valence-corrected chi connectivity index (χ0v) is 9.38. The molecule has 0 bridgehead atoms. The van der Waals surface area contributed by atoms with Crippen molar-refractivity contribution in [3.05, 3.63) is 40.7 Å². The van der Waals surface area contributed by atoms with E-state index >= 15 is 0 Å². The van der Waals surface area contributed by atoms with Gasteiger partial charge in [0.2, 0.25) is 0 Å². The lowest BCUT2D eigenvalue weighted by Crippen LogP contribution is -2.06. The molecule has 0 fully saturated rings. The number of anilines is 1. The molecule has 86 valence electrons. The monoisotopic (exact) mass is 243 g/mol. The van der Waals surface area contributed by atoms with E-state index in [4.69, 9.17) is 16.7 Å². The van der Waals surface area contributed by atoms with Crippen molar-refractivity contribution >= 4 is 23.3 Å². The summed E-state index contributed by atoms with van der Waals surface area (Å²) >= 11 is 5.70. The van der Waals surface area contributed by atoms with Crippen molar-refractivity contribution in [3.8, 4) is 0 Å².